The Morgan fingerprint density at radius 2 is 2.26 bits per heavy atom. The maximum atomic E-state index is 12.0. The van der Waals surface area contributed by atoms with Crippen LogP contribution in [0.3, 0.4) is 0 Å². The molecule has 2 unspecified atom stereocenters. The Hall–Kier alpha value is -1.54. The van der Waals surface area contributed by atoms with Gasteiger partial charge in [-0.25, -0.2) is 4.79 Å². The molecular weight excluding hydrogens is 320 g/mol. The van der Waals surface area contributed by atoms with Gasteiger partial charge < -0.3 is 19.7 Å². The van der Waals surface area contributed by atoms with Crippen molar-refractivity contribution in [2.24, 2.45) is 5.92 Å². The molecule has 2 atom stereocenters. The molecule has 0 aliphatic carbocycles. The van der Waals surface area contributed by atoms with Gasteiger partial charge in [-0.15, -0.1) is 11.8 Å². The quantitative estimate of drug-likeness (QED) is 0.774. The monoisotopic (exact) mass is 342 g/mol. The summed E-state index contributed by atoms with van der Waals surface area (Å²) in [5, 5.41) is 15.8. The first-order valence-corrected chi connectivity index (χ1v) is 8.74. The van der Waals surface area contributed by atoms with Gasteiger partial charge in [-0.2, -0.15) is 0 Å². The molecule has 1 saturated heterocycles. The zero-order valence-corrected chi connectivity index (χ0v) is 14.1. The number of aliphatic carboxylic acids is 1. The third kappa shape index (κ3) is 4.97. The molecule has 23 heavy (non-hydrogen) atoms. The Kier molecular flexibility index (Phi) is 6.47. The van der Waals surface area contributed by atoms with Gasteiger partial charge in [0.1, 0.15) is 11.8 Å². The summed E-state index contributed by atoms with van der Waals surface area (Å²) in [6, 6.07) is -0.887. The molecule has 1 aromatic rings. The van der Waals surface area contributed by atoms with Crippen molar-refractivity contribution >= 4 is 23.6 Å². The second-order valence-electron chi connectivity index (χ2n) is 5.66. The van der Waals surface area contributed by atoms with Crippen LogP contribution in [0.1, 0.15) is 29.9 Å². The van der Waals surface area contributed by atoms with Crippen LogP contribution in [0.25, 0.3) is 0 Å². The third-order valence-corrected chi connectivity index (χ3v) is 4.87. The predicted molar refractivity (Wildman–Crippen MR) is 85.2 cm³/mol. The highest BCUT2D eigenvalue weighted by molar-refractivity contribution is 7.99. The lowest BCUT2D eigenvalue weighted by atomic mass is 9.94. The zero-order chi connectivity index (χ0) is 16.8. The lowest BCUT2D eigenvalue weighted by Crippen LogP contribution is -2.48. The summed E-state index contributed by atoms with van der Waals surface area (Å²) in [7, 11) is 0. The summed E-state index contributed by atoms with van der Waals surface area (Å²) in [5.74, 6) is 0.0977. The predicted octanol–water partition coefficient (Wildman–Crippen LogP) is 1.52. The van der Waals surface area contributed by atoms with Gasteiger partial charge in [0.25, 0.3) is 0 Å². The molecule has 0 radical (unpaired) electrons. The largest absolute Gasteiger partial charge is 0.480 e. The van der Waals surface area contributed by atoms with Crippen molar-refractivity contribution in [2.75, 3.05) is 19.0 Å². The van der Waals surface area contributed by atoms with E-state index in [1.165, 1.54) is 11.8 Å². The van der Waals surface area contributed by atoms with Gasteiger partial charge in [0, 0.05) is 23.8 Å². The summed E-state index contributed by atoms with van der Waals surface area (Å²) >= 11 is 1.41. The first-order chi connectivity index (χ1) is 11.0. The molecule has 1 fully saturated rings. The van der Waals surface area contributed by atoms with Gasteiger partial charge in [-0.05, 0) is 26.7 Å². The molecule has 0 aromatic carbocycles. The van der Waals surface area contributed by atoms with E-state index in [0.29, 0.717) is 19.0 Å². The SMILES string of the molecule is Cc1noc(C)c1CSCC(=O)NC(C(=O)O)C1CCCOC1. The first kappa shape index (κ1) is 17.8. The van der Waals surface area contributed by atoms with E-state index in [9.17, 15) is 14.7 Å². The number of amides is 1. The highest BCUT2D eigenvalue weighted by atomic mass is 32.2. The van der Waals surface area contributed by atoms with E-state index in [1.807, 2.05) is 13.8 Å². The smallest absolute Gasteiger partial charge is 0.326 e. The Labute approximate surface area is 139 Å². The van der Waals surface area contributed by atoms with Crippen LogP contribution in [-0.2, 0) is 20.1 Å². The van der Waals surface area contributed by atoms with E-state index in [2.05, 4.69) is 10.5 Å². The minimum atomic E-state index is -1.01. The fourth-order valence-electron chi connectivity index (χ4n) is 2.58. The van der Waals surface area contributed by atoms with Crippen molar-refractivity contribution in [2.45, 2.75) is 38.5 Å². The number of nitrogens with zero attached hydrogens (tertiary/aromatic N) is 1. The maximum Gasteiger partial charge on any atom is 0.326 e. The number of aromatic nitrogens is 1. The van der Waals surface area contributed by atoms with E-state index < -0.39 is 12.0 Å². The van der Waals surface area contributed by atoms with Crippen LogP contribution < -0.4 is 5.32 Å². The van der Waals surface area contributed by atoms with Crippen molar-refractivity contribution in [3.05, 3.63) is 17.0 Å². The second-order valence-corrected chi connectivity index (χ2v) is 6.64. The van der Waals surface area contributed by atoms with E-state index in [0.717, 1.165) is 29.9 Å². The molecule has 1 aromatic heterocycles. The van der Waals surface area contributed by atoms with Crippen molar-refractivity contribution in [3.63, 3.8) is 0 Å². The normalized spacial score (nSPS) is 19.3. The van der Waals surface area contributed by atoms with Gasteiger partial charge >= 0.3 is 5.97 Å². The summed E-state index contributed by atoms with van der Waals surface area (Å²) in [4.78, 5) is 23.4. The van der Waals surface area contributed by atoms with Crippen LogP contribution in [0.2, 0.25) is 0 Å². The fraction of sp³-hybridized carbons (Fsp3) is 0.667. The molecule has 0 spiro atoms. The number of aryl methyl sites for hydroxylation is 2. The summed E-state index contributed by atoms with van der Waals surface area (Å²) in [6.45, 7) is 4.73. The van der Waals surface area contributed by atoms with E-state index in [4.69, 9.17) is 9.26 Å². The number of rotatable bonds is 7. The molecular formula is C15H22N2O5S. The number of hydrogen-bond donors (Lipinski definition) is 2. The second kappa shape index (κ2) is 8.35. The van der Waals surface area contributed by atoms with Crippen LogP contribution in [0.5, 0.6) is 0 Å². The lowest BCUT2D eigenvalue weighted by molar-refractivity contribution is -0.144. The molecule has 2 rings (SSSR count). The summed E-state index contributed by atoms with van der Waals surface area (Å²) in [6.07, 6.45) is 1.58. The van der Waals surface area contributed by atoms with Crippen molar-refractivity contribution in [3.8, 4) is 0 Å². The Balaban J connectivity index is 1.81. The molecule has 1 amide bonds. The van der Waals surface area contributed by atoms with Crippen molar-refractivity contribution < 1.29 is 24.0 Å². The average Bonchev–Trinajstić information content (AvgIpc) is 2.85. The van der Waals surface area contributed by atoms with Gasteiger partial charge in [0.05, 0.1) is 18.1 Å². The molecule has 0 saturated carbocycles. The molecule has 7 nitrogen and oxygen atoms in total. The number of thioether (sulfide) groups is 1. The topological polar surface area (TPSA) is 102 Å². The molecule has 1 aliphatic rings. The maximum absolute atomic E-state index is 12.0. The Bertz CT molecular complexity index is 535. The average molecular weight is 342 g/mol. The highest BCUT2D eigenvalue weighted by Gasteiger charge is 2.31. The van der Waals surface area contributed by atoms with E-state index >= 15 is 0 Å². The fourth-order valence-corrected chi connectivity index (χ4v) is 3.57. The first-order valence-electron chi connectivity index (χ1n) is 7.58. The number of carboxylic acids is 1. The van der Waals surface area contributed by atoms with Crippen LogP contribution >= 0.6 is 11.8 Å². The van der Waals surface area contributed by atoms with Crippen LogP contribution in [-0.4, -0.2) is 47.1 Å². The molecule has 8 heteroatoms. The molecule has 1 aliphatic heterocycles. The third-order valence-electron chi connectivity index (χ3n) is 3.91. The van der Waals surface area contributed by atoms with Crippen molar-refractivity contribution in [1.29, 1.82) is 0 Å². The minimum Gasteiger partial charge on any atom is -0.480 e. The Morgan fingerprint density at radius 1 is 1.48 bits per heavy atom. The number of carbonyl (C=O) groups is 2. The summed E-state index contributed by atoms with van der Waals surface area (Å²) in [5.41, 5.74) is 1.80. The molecule has 2 N–H and O–H groups in total. The Morgan fingerprint density at radius 3 is 2.83 bits per heavy atom. The van der Waals surface area contributed by atoms with E-state index in [-0.39, 0.29) is 17.6 Å². The van der Waals surface area contributed by atoms with Crippen LogP contribution in [0.4, 0.5) is 0 Å². The summed E-state index contributed by atoms with van der Waals surface area (Å²) < 4.78 is 10.4. The number of carboxylic acid groups (broad SMARTS) is 1. The zero-order valence-electron chi connectivity index (χ0n) is 13.3. The van der Waals surface area contributed by atoms with E-state index in [1.54, 1.807) is 0 Å². The van der Waals surface area contributed by atoms with Gasteiger partial charge in [-0.3, -0.25) is 4.79 Å². The number of nitrogens with one attached hydrogen (secondary N) is 1. The molecule has 0 bridgehead atoms. The lowest BCUT2D eigenvalue weighted by Gasteiger charge is -2.28. The molecule has 2 heterocycles. The van der Waals surface area contributed by atoms with Gasteiger partial charge in [0.2, 0.25) is 5.91 Å². The molecule has 128 valence electrons. The van der Waals surface area contributed by atoms with Gasteiger partial charge in [-0.1, -0.05) is 5.16 Å². The van der Waals surface area contributed by atoms with Crippen LogP contribution in [0, 0.1) is 19.8 Å². The van der Waals surface area contributed by atoms with Crippen LogP contribution in [0.15, 0.2) is 4.52 Å². The van der Waals surface area contributed by atoms with Gasteiger partial charge in [0.15, 0.2) is 0 Å². The minimum absolute atomic E-state index is 0.169. The number of ether oxygens (including phenoxy) is 1. The van der Waals surface area contributed by atoms with Crippen molar-refractivity contribution in [1.82, 2.24) is 10.5 Å². The highest BCUT2D eigenvalue weighted by Crippen LogP contribution is 2.20. The number of hydrogen-bond acceptors (Lipinski definition) is 6. The number of carbonyl (C=O) groups excluding carboxylic acids is 1. The standard InChI is InChI=1S/C15H22N2O5S/c1-9-12(10(2)22-17-9)7-23-8-13(18)16-14(15(19)20)11-4-3-5-21-6-11/h11,14H,3-8H2,1-2H3,(H,16,18)(H,19,20).